The number of halogens is 3. The molecule has 0 bridgehead atoms. The van der Waals surface area contributed by atoms with Crippen LogP contribution in [-0.4, -0.2) is 15.6 Å². The van der Waals surface area contributed by atoms with E-state index in [2.05, 4.69) is 4.98 Å². The highest BCUT2D eigenvalue weighted by molar-refractivity contribution is 5.20. The van der Waals surface area contributed by atoms with Crippen LogP contribution in [0.1, 0.15) is 23.6 Å². The summed E-state index contributed by atoms with van der Waals surface area (Å²) in [5.74, 6) is -0.790. The van der Waals surface area contributed by atoms with Gasteiger partial charge < -0.3 is 10.3 Å². The zero-order chi connectivity index (χ0) is 11.2. The minimum atomic E-state index is -4.37. The minimum Gasteiger partial charge on any atom is -0.327 e. The van der Waals surface area contributed by atoms with Gasteiger partial charge in [-0.1, -0.05) is 0 Å². The lowest BCUT2D eigenvalue weighted by molar-refractivity contribution is -0.147. The van der Waals surface area contributed by atoms with E-state index in [0.717, 1.165) is 0 Å². The van der Waals surface area contributed by atoms with Crippen molar-refractivity contribution in [1.29, 1.82) is 0 Å². The molecule has 0 saturated heterocycles. The molecular formula is C9H12F3N3. The molecule has 2 heterocycles. The standard InChI is InChI=1S/C9H12F3N3/c1-5-7-4-6(13)2-3-15(7)8(14-5)9(10,11)12/h6H,2-4,13H2,1H3. The van der Waals surface area contributed by atoms with Crippen LogP contribution in [0.25, 0.3) is 0 Å². The fourth-order valence-corrected chi connectivity index (χ4v) is 1.97. The molecule has 1 aliphatic heterocycles. The number of hydrogen-bond acceptors (Lipinski definition) is 2. The molecule has 3 nitrogen and oxygen atoms in total. The Bertz CT molecular complexity index is 381. The van der Waals surface area contributed by atoms with Crippen molar-refractivity contribution in [2.75, 3.05) is 0 Å². The van der Waals surface area contributed by atoms with Crippen molar-refractivity contribution in [1.82, 2.24) is 9.55 Å². The molecule has 0 spiro atoms. The second-order valence-electron chi connectivity index (χ2n) is 3.87. The van der Waals surface area contributed by atoms with Gasteiger partial charge in [-0.15, -0.1) is 0 Å². The van der Waals surface area contributed by atoms with Gasteiger partial charge in [0.15, 0.2) is 0 Å². The van der Waals surface area contributed by atoms with Crippen molar-refractivity contribution in [2.24, 2.45) is 5.73 Å². The van der Waals surface area contributed by atoms with E-state index >= 15 is 0 Å². The molecule has 6 heteroatoms. The van der Waals surface area contributed by atoms with E-state index in [9.17, 15) is 13.2 Å². The van der Waals surface area contributed by atoms with Crippen LogP contribution >= 0.6 is 0 Å². The highest BCUT2D eigenvalue weighted by atomic mass is 19.4. The fraction of sp³-hybridized carbons (Fsp3) is 0.667. The number of imidazole rings is 1. The quantitative estimate of drug-likeness (QED) is 0.718. The van der Waals surface area contributed by atoms with Gasteiger partial charge in [-0.05, 0) is 13.3 Å². The largest absolute Gasteiger partial charge is 0.449 e. The summed E-state index contributed by atoms with van der Waals surface area (Å²) >= 11 is 0. The average Bonchev–Trinajstić information content (AvgIpc) is 2.43. The maximum Gasteiger partial charge on any atom is 0.449 e. The summed E-state index contributed by atoms with van der Waals surface area (Å²) in [7, 11) is 0. The van der Waals surface area contributed by atoms with Gasteiger partial charge >= 0.3 is 6.18 Å². The summed E-state index contributed by atoms with van der Waals surface area (Å²) in [5.41, 5.74) is 6.78. The first-order chi connectivity index (χ1) is 6.89. The molecule has 2 rings (SSSR count). The van der Waals surface area contributed by atoms with E-state index < -0.39 is 12.0 Å². The van der Waals surface area contributed by atoms with E-state index in [1.54, 1.807) is 6.92 Å². The monoisotopic (exact) mass is 219 g/mol. The molecule has 0 fully saturated rings. The van der Waals surface area contributed by atoms with Gasteiger partial charge in [0.05, 0.1) is 5.69 Å². The highest BCUT2D eigenvalue weighted by Crippen LogP contribution is 2.32. The first kappa shape index (κ1) is 10.5. The minimum absolute atomic E-state index is 0.0472. The number of nitrogens with two attached hydrogens (primary N) is 1. The van der Waals surface area contributed by atoms with Crippen molar-refractivity contribution in [3.8, 4) is 0 Å². The molecular weight excluding hydrogens is 207 g/mol. The molecule has 1 aliphatic rings. The predicted molar refractivity (Wildman–Crippen MR) is 48.3 cm³/mol. The molecule has 1 aromatic rings. The van der Waals surface area contributed by atoms with Crippen molar-refractivity contribution < 1.29 is 13.2 Å². The van der Waals surface area contributed by atoms with Crippen LogP contribution in [-0.2, 0) is 19.1 Å². The highest BCUT2D eigenvalue weighted by Gasteiger charge is 2.39. The Morgan fingerprint density at radius 3 is 2.73 bits per heavy atom. The number of nitrogens with zero attached hydrogens (tertiary/aromatic N) is 2. The molecule has 2 N–H and O–H groups in total. The third-order valence-corrected chi connectivity index (χ3v) is 2.71. The maximum absolute atomic E-state index is 12.6. The SMILES string of the molecule is Cc1nc(C(F)(F)F)n2c1CC(N)CC2. The Morgan fingerprint density at radius 1 is 1.47 bits per heavy atom. The lowest BCUT2D eigenvalue weighted by Crippen LogP contribution is -2.32. The van der Waals surface area contributed by atoms with Crippen LogP contribution < -0.4 is 5.73 Å². The third-order valence-electron chi connectivity index (χ3n) is 2.71. The smallest absolute Gasteiger partial charge is 0.327 e. The molecule has 1 atom stereocenters. The van der Waals surface area contributed by atoms with Crippen molar-refractivity contribution in [3.63, 3.8) is 0 Å². The summed E-state index contributed by atoms with van der Waals surface area (Å²) in [5, 5.41) is 0. The van der Waals surface area contributed by atoms with E-state index in [4.69, 9.17) is 5.73 Å². The fourth-order valence-electron chi connectivity index (χ4n) is 1.97. The summed E-state index contributed by atoms with van der Waals surface area (Å²) in [4.78, 5) is 3.58. The second kappa shape index (κ2) is 3.23. The van der Waals surface area contributed by atoms with Crippen molar-refractivity contribution >= 4 is 0 Å². The van der Waals surface area contributed by atoms with Crippen LogP contribution in [0.15, 0.2) is 0 Å². The van der Waals surface area contributed by atoms with E-state index in [0.29, 0.717) is 30.8 Å². The maximum atomic E-state index is 12.6. The number of alkyl halides is 3. The number of hydrogen-bond donors (Lipinski definition) is 1. The van der Waals surface area contributed by atoms with Crippen LogP contribution in [0.4, 0.5) is 13.2 Å². The Morgan fingerprint density at radius 2 is 2.13 bits per heavy atom. The molecule has 0 amide bonds. The summed E-state index contributed by atoms with van der Waals surface area (Å²) < 4.78 is 39.0. The van der Waals surface area contributed by atoms with Gasteiger partial charge in [0.25, 0.3) is 0 Å². The van der Waals surface area contributed by atoms with Crippen LogP contribution in [0.2, 0.25) is 0 Å². The van der Waals surface area contributed by atoms with Gasteiger partial charge in [0.1, 0.15) is 0 Å². The van der Waals surface area contributed by atoms with Gasteiger partial charge in [-0.25, -0.2) is 4.98 Å². The third kappa shape index (κ3) is 1.73. The molecule has 0 saturated carbocycles. The Labute approximate surface area is 85.1 Å². The molecule has 1 aromatic heterocycles. The van der Waals surface area contributed by atoms with E-state index in [1.807, 2.05) is 0 Å². The lowest BCUT2D eigenvalue weighted by Gasteiger charge is -2.22. The average molecular weight is 219 g/mol. The molecule has 84 valence electrons. The molecule has 0 aromatic carbocycles. The first-order valence-corrected chi connectivity index (χ1v) is 4.78. The molecule has 0 aliphatic carbocycles. The summed E-state index contributed by atoms with van der Waals surface area (Å²) in [6, 6.07) is -0.0472. The Balaban J connectivity index is 2.48. The summed E-state index contributed by atoms with van der Waals surface area (Å²) in [6.07, 6.45) is -3.31. The van der Waals surface area contributed by atoms with Gasteiger partial charge in [0, 0.05) is 24.7 Å². The number of aromatic nitrogens is 2. The number of aryl methyl sites for hydroxylation is 1. The van der Waals surface area contributed by atoms with Crippen molar-refractivity contribution in [3.05, 3.63) is 17.2 Å². The van der Waals surface area contributed by atoms with Crippen LogP contribution in [0.5, 0.6) is 0 Å². The Hall–Kier alpha value is -1.04. The van der Waals surface area contributed by atoms with Gasteiger partial charge in [0.2, 0.25) is 5.82 Å². The Kier molecular flexibility index (Phi) is 2.26. The summed E-state index contributed by atoms with van der Waals surface area (Å²) in [6.45, 7) is 1.91. The predicted octanol–water partition coefficient (Wildman–Crippen LogP) is 1.48. The second-order valence-corrected chi connectivity index (χ2v) is 3.87. The molecule has 1 unspecified atom stereocenters. The number of rotatable bonds is 0. The van der Waals surface area contributed by atoms with E-state index in [1.165, 1.54) is 4.57 Å². The van der Waals surface area contributed by atoms with Gasteiger partial charge in [-0.2, -0.15) is 13.2 Å². The van der Waals surface area contributed by atoms with Crippen molar-refractivity contribution in [2.45, 2.75) is 38.5 Å². The number of fused-ring (bicyclic) bond motifs is 1. The van der Waals surface area contributed by atoms with Crippen LogP contribution in [0.3, 0.4) is 0 Å². The lowest BCUT2D eigenvalue weighted by atomic mass is 10.0. The van der Waals surface area contributed by atoms with Crippen LogP contribution in [0, 0.1) is 6.92 Å². The molecule has 15 heavy (non-hydrogen) atoms. The van der Waals surface area contributed by atoms with Gasteiger partial charge in [-0.3, -0.25) is 0 Å². The zero-order valence-corrected chi connectivity index (χ0v) is 8.30. The first-order valence-electron chi connectivity index (χ1n) is 4.78. The normalized spacial score (nSPS) is 21.5. The zero-order valence-electron chi connectivity index (χ0n) is 8.30. The molecule has 0 radical (unpaired) electrons. The topological polar surface area (TPSA) is 43.8 Å². The van der Waals surface area contributed by atoms with E-state index in [-0.39, 0.29) is 6.04 Å².